The highest BCUT2D eigenvalue weighted by atomic mass is 16.4. The van der Waals surface area contributed by atoms with Gasteiger partial charge in [0.05, 0.1) is 0 Å². The summed E-state index contributed by atoms with van der Waals surface area (Å²) >= 11 is 0. The van der Waals surface area contributed by atoms with Crippen LogP contribution in [-0.2, 0) is 14.4 Å². The van der Waals surface area contributed by atoms with E-state index in [1.165, 1.54) is 6.92 Å². The maximum Gasteiger partial charge on any atom is 0.326 e. The fourth-order valence-electron chi connectivity index (χ4n) is 2.81. The van der Waals surface area contributed by atoms with Crippen LogP contribution in [0, 0.1) is 11.8 Å². The van der Waals surface area contributed by atoms with E-state index < -0.39 is 12.0 Å². The van der Waals surface area contributed by atoms with E-state index in [1.54, 1.807) is 0 Å². The molecule has 0 spiro atoms. The largest absolute Gasteiger partial charge is 0.480 e. The monoisotopic (exact) mass is 298 g/mol. The van der Waals surface area contributed by atoms with Crippen LogP contribution in [0.5, 0.6) is 0 Å². The first-order chi connectivity index (χ1) is 9.93. The molecule has 120 valence electrons. The molecule has 1 aliphatic carbocycles. The second-order valence-corrected chi connectivity index (χ2v) is 5.92. The van der Waals surface area contributed by atoms with Crippen molar-refractivity contribution in [2.45, 2.75) is 51.5 Å². The molecule has 0 aromatic rings. The Morgan fingerprint density at radius 2 is 1.81 bits per heavy atom. The predicted octanol–water partition coefficient (Wildman–Crippen LogP) is 0.951. The summed E-state index contributed by atoms with van der Waals surface area (Å²) in [6.45, 7) is 2.38. The SMILES string of the molecule is CNCC1CCC(C(=O)N[C@@H](CCC(C)=O)C(=O)O)CC1. The van der Waals surface area contributed by atoms with Crippen molar-refractivity contribution >= 4 is 17.7 Å². The van der Waals surface area contributed by atoms with Crippen LogP contribution in [0.1, 0.15) is 45.4 Å². The first-order valence-corrected chi connectivity index (χ1v) is 7.61. The molecule has 0 aliphatic heterocycles. The molecule has 21 heavy (non-hydrogen) atoms. The fourth-order valence-corrected chi connectivity index (χ4v) is 2.81. The van der Waals surface area contributed by atoms with Crippen molar-refractivity contribution < 1.29 is 19.5 Å². The van der Waals surface area contributed by atoms with Crippen molar-refractivity contribution in [3.63, 3.8) is 0 Å². The van der Waals surface area contributed by atoms with Gasteiger partial charge in [-0.1, -0.05) is 0 Å². The zero-order valence-corrected chi connectivity index (χ0v) is 12.9. The number of carbonyl (C=O) groups is 3. The van der Waals surface area contributed by atoms with E-state index in [2.05, 4.69) is 10.6 Å². The maximum absolute atomic E-state index is 12.1. The highest BCUT2D eigenvalue weighted by Gasteiger charge is 2.29. The van der Waals surface area contributed by atoms with Crippen molar-refractivity contribution in [1.29, 1.82) is 0 Å². The zero-order chi connectivity index (χ0) is 15.8. The third-order valence-corrected chi connectivity index (χ3v) is 4.11. The van der Waals surface area contributed by atoms with E-state index in [4.69, 9.17) is 5.11 Å². The molecule has 0 radical (unpaired) electrons. The van der Waals surface area contributed by atoms with Crippen molar-refractivity contribution in [2.24, 2.45) is 11.8 Å². The lowest BCUT2D eigenvalue weighted by Gasteiger charge is -2.28. The number of rotatable bonds is 8. The van der Waals surface area contributed by atoms with Crippen molar-refractivity contribution in [3.8, 4) is 0 Å². The first kappa shape index (κ1) is 17.6. The van der Waals surface area contributed by atoms with E-state index in [0.29, 0.717) is 5.92 Å². The summed E-state index contributed by atoms with van der Waals surface area (Å²) in [7, 11) is 1.92. The zero-order valence-electron chi connectivity index (χ0n) is 12.9. The summed E-state index contributed by atoms with van der Waals surface area (Å²) in [6.07, 6.45) is 3.92. The second-order valence-electron chi connectivity index (χ2n) is 5.92. The molecule has 0 aromatic carbocycles. The highest BCUT2D eigenvalue weighted by Crippen LogP contribution is 2.28. The number of carboxylic acid groups (broad SMARTS) is 1. The molecule has 1 fully saturated rings. The van der Waals surface area contributed by atoms with Crippen molar-refractivity contribution in [3.05, 3.63) is 0 Å². The van der Waals surface area contributed by atoms with Gasteiger partial charge in [-0.2, -0.15) is 0 Å². The van der Waals surface area contributed by atoms with Gasteiger partial charge in [0.25, 0.3) is 0 Å². The van der Waals surface area contributed by atoms with Gasteiger partial charge >= 0.3 is 5.97 Å². The summed E-state index contributed by atoms with van der Waals surface area (Å²) in [6, 6.07) is -0.962. The minimum absolute atomic E-state index is 0.0666. The van der Waals surface area contributed by atoms with E-state index in [0.717, 1.165) is 32.2 Å². The molecular weight excluding hydrogens is 272 g/mol. The number of nitrogens with one attached hydrogen (secondary N) is 2. The summed E-state index contributed by atoms with van der Waals surface area (Å²) in [5, 5.41) is 14.8. The highest BCUT2D eigenvalue weighted by molar-refractivity contribution is 5.85. The first-order valence-electron chi connectivity index (χ1n) is 7.61. The second kappa shape index (κ2) is 8.77. The fraction of sp³-hybridized carbons (Fsp3) is 0.800. The Bertz CT molecular complexity index is 376. The molecule has 0 aromatic heterocycles. The van der Waals surface area contributed by atoms with Gasteiger partial charge in [-0.05, 0) is 58.5 Å². The number of ketones is 1. The number of hydrogen-bond donors (Lipinski definition) is 3. The smallest absolute Gasteiger partial charge is 0.326 e. The molecule has 6 heteroatoms. The maximum atomic E-state index is 12.1. The van der Waals surface area contributed by atoms with E-state index in [-0.39, 0.29) is 30.4 Å². The van der Waals surface area contributed by atoms with E-state index >= 15 is 0 Å². The average Bonchev–Trinajstić information content (AvgIpc) is 2.43. The van der Waals surface area contributed by atoms with Gasteiger partial charge in [0.1, 0.15) is 11.8 Å². The Morgan fingerprint density at radius 1 is 1.19 bits per heavy atom. The molecule has 1 saturated carbocycles. The number of Topliss-reactive ketones (excluding diaryl/α,β-unsaturated/α-hetero) is 1. The molecule has 1 aliphatic rings. The predicted molar refractivity (Wildman–Crippen MR) is 78.9 cm³/mol. The van der Waals surface area contributed by atoms with Gasteiger partial charge in [-0.3, -0.25) is 4.79 Å². The Kier molecular flexibility index (Phi) is 7.36. The van der Waals surface area contributed by atoms with E-state index in [9.17, 15) is 14.4 Å². The van der Waals surface area contributed by atoms with Crippen LogP contribution in [0.2, 0.25) is 0 Å². The quantitative estimate of drug-likeness (QED) is 0.620. The van der Waals surface area contributed by atoms with Gasteiger partial charge in [0, 0.05) is 12.3 Å². The summed E-state index contributed by atoms with van der Waals surface area (Å²) < 4.78 is 0. The molecule has 3 N–H and O–H groups in total. The van der Waals surface area contributed by atoms with Crippen LogP contribution in [-0.4, -0.2) is 42.4 Å². The average molecular weight is 298 g/mol. The molecule has 0 bridgehead atoms. The van der Waals surface area contributed by atoms with Gasteiger partial charge in [-0.15, -0.1) is 0 Å². The van der Waals surface area contributed by atoms with Crippen LogP contribution in [0.3, 0.4) is 0 Å². The number of aliphatic carboxylic acids is 1. The molecule has 0 saturated heterocycles. The molecule has 0 heterocycles. The number of carbonyl (C=O) groups excluding carboxylic acids is 2. The van der Waals surface area contributed by atoms with Crippen LogP contribution >= 0.6 is 0 Å². The molecule has 1 rings (SSSR count). The standard InChI is InChI=1S/C15H26N2O4/c1-10(18)3-8-13(15(20)21)17-14(19)12-6-4-11(5-7-12)9-16-2/h11-13,16H,3-9H2,1-2H3,(H,17,19)(H,20,21)/t11?,12?,13-/m0/s1. The topological polar surface area (TPSA) is 95.5 Å². The molecule has 1 atom stereocenters. The lowest BCUT2D eigenvalue weighted by atomic mass is 9.81. The summed E-state index contributed by atoms with van der Waals surface area (Å²) in [4.78, 5) is 34.2. The molecule has 6 nitrogen and oxygen atoms in total. The lowest BCUT2D eigenvalue weighted by molar-refractivity contribution is -0.143. The van der Waals surface area contributed by atoms with Crippen LogP contribution in [0.4, 0.5) is 0 Å². The number of carboxylic acids is 1. The molecular formula is C15H26N2O4. The Hall–Kier alpha value is -1.43. The lowest BCUT2D eigenvalue weighted by Crippen LogP contribution is -2.44. The van der Waals surface area contributed by atoms with E-state index in [1.807, 2.05) is 7.05 Å². The Balaban J connectivity index is 2.43. The summed E-state index contributed by atoms with van der Waals surface area (Å²) in [5.41, 5.74) is 0. The third-order valence-electron chi connectivity index (χ3n) is 4.11. The summed E-state index contributed by atoms with van der Waals surface area (Å²) in [5.74, 6) is -0.824. The third kappa shape index (κ3) is 6.25. The van der Waals surface area contributed by atoms with Crippen molar-refractivity contribution in [2.75, 3.05) is 13.6 Å². The molecule has 1 amide bonds. The van der Waals surface area contributed by atoms with Crippen LogP contribution < -0.4 is 10.6 Å². The number of amides is 1. The normalized spacial score (nSPS) is 23.3. The minimum Gasteiger partial charge on any atom is -0.480 e. The van der Waals surface area contributed by atoms with Gasteiger partial charge in [0.2, 0.25) is 5.91 Å². The Labute approximate surface area is 125 Å². The minimum atomic E-state index is -1.08. The Morgan fingerprint density at radius 3 is 2.29 bits per heavy atom. The number of hydrogen-bond acceptors (Lipinski definition) is 4. The van der Waals surface area contributed by atoms with Crippen LogP contribution in [0.15, 0.2) is 0 Å². The molecule has 0 unspecified atom stereocenters. The van der Waals surface area contributed by atoms with Gasteiger partial charge < -0.3 is 20.5 Å². The van der Waals surface area contributed by atoms with Crippen LogP contribution in [0.25, 0.3) is 0 Å². The van der Waals surface area contributed by atoms with Gasteiger partial charge in [-0.25, -0.2) is 4.79 Å². The van der Waals surface area contributed by atoms with Gasteiger partial charge in [0.15, 0.2) is 0 Å². The van der Waals surface area contributed by atoms with Crippen molar-refractivity contribution in [1.82, 2.24) is 10.6 Å².